The number of hydrogen-bond acceptors (Lipinski definition) is 5. The summed E-state index contributed by atoms with van der Waals surface area (Å²) in [5.74, 6) is 1.07. The van der Waals surface area contributed by atoms with Gasteiger partial charge < -0.3 is 25.0 Å². The van der Waals surface area contributed by atoms with Crippen LogP contribution < -0.4 is 20.1 Å². The summed E-state index contributed by atoms with van der Waals surface area (Å²) < 4.78 is 10.8. The van der Waals surface area contributed by atoms with Crippen LogP contribution in [0, 0.1) is 5.92 Å². The van der Waals surface area contributed by atoms with Gasteiger partial charge in [0, 0.05) is 30.1 Å². The molecule has 2 aromatic carbocycles. The van der Waals surface area contributed by atoms with Gasteiger partial charge in [-0.3, -0.25) is 14.4 Å². The third kappa shape index (κ3) is 4.45. The van der Waals surface area contributed by atoms with Crippen molar-refractivity contribution in [2.45, 2.75) is 50.6 Å². The zero-order valence-corrected chi connectivity index (χ0v) is 20.1. The highest BCUT2D eigenvalue weighted by molar-refractivity contribution is 6.10. The summed E-state index contributed by atoms with van der Waals surface area (Å²) in [6.45, 7) is 0.419. The maximum Gasteiger partial charge on any atom is 0.256 e. The molecule has 5 rings (SSSR count). The van der Waals surface area contributed by atoms with Crippen LogP contribution >= 0.6 is 0 Å². The topological polar surface area (TPSA) is 97.0 Å². The number of benzene rings is 2. The molecule has 184 valence electrons. The number of methoxy groups -OCH3 is 2. The average Bonchev–Trinajstić information content (AvgIpc) is 3.40. The third-order valence-corrected chi connectivity index (χ3v) is 7.47. The predicted molar refractivity (Wildman–Crippen MR) is 132 cm³/mol. The van der Waals surface area contributed by atoms with Crippen LogP contribution in [-0.2, 0) is 9.59 Å². The molecule has 1 saturated heterocycles. The fourth-order valence-electron chi connectivity index (χ4n) is 5.50. The van der Waals surface area contributed by atoms with Gasteiger partial charge in [0.15, 0.2) is 0 Å². The van der Waals surface area contributed by atoms with Crippen LogP contribution in [0.2, 0.25) is 0 Å². The van der Waals surface area contributed by atoms with Crippen LogP contribution in [0.3, 0.4) is 0 Å². The number of nitrogens with one attached hydrogen (secondary N) is 2. The van der Waals surface area contributed by atoms with Gasteiger partial charge in [-0.1, -0.05) is 18.9 Å². The van der Waals surface area contributed by atoms with Crippen molar-refractivity contribution in [2.24, 2.45) is 5.92 Å². The van der Waals surface area contributed by atoms with E-state index in [1.807, 2.05) is 18.2 Å². The van der Waals surface area contributed by atoms with E-state index >= 15 is 0 Å². The van der Waals surface area contributed by atoms with Crippen molar-refractivity contribution < 1.29 is 23.9 Å². The lowest BCUT2D eigenvalue weighted by molar-refractivity contribution is -0.127. The largest absolute Gasteiger partial charge is 0.497 e. The molecule has 1 aliphatic carbocycles. The number of ether oxygens (including phenoxy) is 2. The Kier molecular flexibility index (Phi) is 6.36. The summed E-state index contributed by atoms with van der Waals surface area (Å²) in [5, 5.41) is 6.08. The van der Waals surface area contributed by atoms with Gasteiger partial charge in [-0.05, 0) is 55.5 Å². The molecule has 8 heteroatoms. The van der Waals surface area contributed by atoms with Gasteiger partial charge in [-0.25, -0.2) is 0 Å². The smallest absolute Gasteiger partial charge is 0.256 e. The minimum absolute atomic E-state index is 0.0789. The maximum absolute atomic E-state index is 13.6. The molecular formula is C27H31N3O5. The summed E-state index contributed by atoms with van der Waals surface area (Å²) in [4.78, 5) is 41.0. The van der Waals surface area contributed by atoms with Crippen molar-refractivity contribution in [3.05, 3.63) is 42.0 Å². The Balaban J connectivity index is 1.38. The third-order valence-electron chi connectivity index (χ3n) is 7.47. The molecule has 2 N–H and O–H groups in total. The molecule has 0 radical (unpaired) electrons. The Labute approximate surface area is 205 Å². The second kappa shape index (κ2) is 9.60. The predicted octanol–water partition coefficient (Wildman–Crippen LogP) is 3.60. The van der Waals surface area contributed by atoms with E-state index < -0.39 is 6.04 Å². The van der Waals surface area contributed by atoms with Crippen LogP contribution in [0.1, 0.15) is 48.9 Å². The first-order valence-corrected chi connectivity index (χ1v) is 12.3. The maximum atomic E-state index is 13.6. The number of anilines is 1. The zero-order chi connectivity index (χ0) is 24.5. The highest BCUT2D eigenvalue weighted by Crippen LogP contribution is 2.37. The molecule has 2 aliphatic heterocycles. The minimum atomic E-state index is -0.614. The molecule has 0 aromatic heterocycles. The SMILES string of the molecule is COc1ccc(-c2ccc3c(c2)C(=O)N2CC[C@H](NC(=O)C4CCCC4)C[C@H]2C(=O)N3)c(OC)c1. The monoisotopic (exact) mass is 477 g/mol. The van der Waals surface area contributed by atoms with Crippen LogP contribution in [0.5, 0.6) is 11.5 Å². The molecule has 2 aromatic rings. The van der Waals surface area contributed by atoms with E-state index in [2.05, 4.69) is 10.6 Å². The van der Waals surface area contributed by atoms with Crippen molar-refractivity contribution in [3.8, 4) is 22.6 Å². The lowest BCUT2D eigenvalue weighted by Crippen LogP contribution is -2.55. The molecule has 35 heavy (non-hydrogen) atoms. The average molecular weight is 478 g/mol. The number of nitrogens with zero attached hydrogens (tertiary/aromatic N) is 1. The summed E-state index contributed by atoms with van der Waals surface area (Å²) in [6, 6.07) is 10.2. The Hall–Kier alpha value is -3.55. The lowest BCUT2D eigenvalue weighted by Gasteiger charge is -2.37. The first-order valence-electron chi connectivity index (χ1n) is 12.3. The molecule has 2 fully saturated rings. The Morgan fingerprint density at radius 3 is 2.54 bits per heavy atom. The number of amides is 3. The van der Waals surface area contributed by atoms with Crippen molar-refractivity contribution in [3.63, 3.8) is 0 Å². The second-order valence-corrected chi connectivity index (χ2v) is 9.54. The van der Waals surface area contributed by atoms with Gasteiger partial charge in [-0.15, -0.1) is 0 Å². The summed E-state index contributed by atoms with van der Waals surface area (Å²) in [6.07, 6.45) is 5.11. The van der Waals surface area contributed by atoms with Crippen LogP contribution in [-0.4, -0.2) is 55.5 Å². The fraction of sp³-hybridized carbons (Fsp3) is 0.444. The first-order chi connectivity index (χ1) is 17.0. The number of piperidine rings is 1. The van der Waals surface area contributed by atoms with E-state index in [9.17, 15) is 14.4 Å². The number of carbonyl (C=O) groups is 3. The van der Waals surface area contributed by atoms with E-state index in [1.54, 1.807) is 37.3 Å². The quantitative estimate of drug-likeness (QED) is 0.686. The molecule has 8 nitrogen and oxygen atoms in total. The van der Waals surface area contributed by atoms with E-state index in [4.69, 9.17) is 9.47 Å². The van der Waals surface area contributed by atoms with Gasteiger partial charge in [-0.2, -0.15) is 0 Å². The summed E-state index contributed by atoms with van der Waals surface area (Å²) in [7, 11) is 3.19. The molecule has 0 unspecified atom stereocenters. The molecular weight excluding hydrogens is 446 g/mol. The Morgan fingerprint density at radius 2 is 1.80 bits per heavy atom. The van der Waals surface area contributed by atoms with Crippen LogP contribution in [0.15, 0.2) is 36.4 Å². The van der Waals surface area contributed by atoms with Crippen LogP contribution in [0.25, 0.3) is 11.1 Å². The summed E-state index contributed by atoms with van der Waals surface area (Å²) in [5.41, 5.74) is 2.58. The van der Waals surface area contributed by atoms with Crippen molar-refractivity contribution >= 4 is 23.4 Å². The highest BCUT2D eigenvalue weighted by atomic mass is 16.5. The molecule has 0 spiro atoms. The lowest BCUT2D eigenvalue weighted by atomic mass is 9.95. The van der Waals surface area contributed by atoms with E-state index in [1.165, 1.54) is 0 Å². The molecule has 2 heterocycles. The van der Waals surface area contributed by atoms with Gasteiger partial charge in [0.2, 0.25) is 11.8 Å². The van der Waals surface area contributed by atoms with Gasteiger partial charge in [0.25, 0.3) is 5.91 Å². The Morgan fingerprint density at radius 1 is 1.00 bits per heavy atom. The van der Waals surface area contributed by atoms with E-state index in [-0.39, 0.29) is 29.7 Å². The second-order valence-electron chi connectivity index (χ2n) is 9.54. The fourth-order valence-corrected chi connectivity index (χ4v) is 5.50. The Bertz CT molecular complexity index is 1160. The van der Waals surface area contributed by atoms with Gasteiger partial charge in [0.1, 0.15) is 17.5 Å². The molecule has 2 atom stereocenters. The first kappa shape index (κ1) is 23.2. The molecule has 3 aliphatic rings. The van der Waals surface area contributed by atoms with Gasteiger partial charge >= 0.3 is 0 Å². The summed E-state index contributed by atoms with van der Waals surface area (Å²) >= 11 is 0. The van der Waals surface area contributed by atoms with E-state index in [0.29, 0.717) is 42.1 Å². The number of rotatable bonds is 5. The van der Waals surface area contributed by atoms with Gasteiger partial charge in [0.05, 0.1) is 25.5 Å². The number of carbonyl (C=O) groups excluding carboxylic acids is 3. The van der Waals surface area contributed by atoms with E-state index in [0.717, 1.165) is 36.8 Å². The normalized spacial score (nSPS) is 22.1. The number of fused-ring (bicyclic) bond motifs is 2. The van der Waals surface area contributed by atoms with Crippen molar-refractivity contribution in [1.82, 2.24) is 10.2 Å². The number of hydrogen-bond donors (Lipinski definition) is 2. The zero-order valence-electron chi connectivity index (χ0n) is 20.1. The highest BCUT2D eigenvalue weighted by Gasteiger charge is 2.40. The van der Waals surface area contributed by atoms with Crippen molar-refractivity contribution in [2.75, 3.05) is 26.1 Å². The van der Waals surface area contributed by atoms with Crippen LogP contribution in [0.4, 0.5) is 5.69 Å². The minimum Gasteiger partial charge on any atom is -0.497 e. The molecule has 1 saturated carbocycles. The van der Waals surface area contributed by atoms with Crippen molar-refractivity contribution in [1.29, 1.82) is 0 Å². The molecule has 3 amide bonds. The standard InChI is InChI=1S/C27H31N3O5/c1-34-19-8-9-20(24(15-19)35-2)17-7-10-22-21(13-17)27(33)30-12-11-18(14-23(30)26(32)29-22)28-25(31)16-5-3-4-6-16/h7-10,13,15-16,18,23H,3-6,11-12,14H2,1-2H3,(H,28,31)(H,29,32)/t18-,23-/m0/s1. The molecule has 0 bridgehead atoms.